The molecule has 0 radical (unpaired) electrons. The Balaban J connectivity index is 1.99. The Labute approximate surface area is 115 Å². The van der Waals surface area contributed by atoms with Crippen molar-refractivity contribution in [3.05, 3.63) is 32.8 Å². The van der Waals surface area contributed by atoms with Crippen LogP contribution in [0.3, 0.4) is 0 Å². The van der Waals surface area contributed by atoms with Gasteiger partial charge in [0.25, 0.3) is 5.69 Å². The Hall–Kier alpha value is -1.10. The zero-order valence-electron chi connectivity index (χ0n) is 10.5. The summed E-state index contributed by atoms with van der Waals surface area (Å²) >= 11 is 3.19. The average molecular weight is 313 g/mol. The summed E-state index contributed by atoms with van der Waals surface area (Å²) in [5.74, 6) is 1.51. The molecule has 0 amide bonds. The highest BCUT2D eigenvalue weighted by Gasteiger charge is 2.31. The van der Waals surface area contributed by atoms with Gasteiger partial charge < -0.3 is 5.32 Å². The molecule has 98 valence electrons. The predicted molar refractivity (Wildman–Crippen MR) is 75.8 cm³/mol. The zero-order chi connectivity index (χ0) is 13.3. The maximum absolute atomic E-state index is 10.8. The van der Waals surface area contributed by atoms with E-state index in [2.05, 4.69) is 35.1 Å². The van der Waals surface area contributed by atoms with Crippen LogP contribution in [0.25, 0.3) is 0 Å². The van der Waals surface area contributed by atoms with E-state index in [1.165, 1.54) is 0 Å². The normalized spacial score (nSPS) is 22.7. The van der Waals surface area contributed by atoms with Gasteiger partial charge in [-0.3, -0.25) is 10.1 Å². The van der Waals surface area contributed by atoms with Crippen LogP contribution in [0.4, 0.5) is 11.4 Å². The summed E-state index contributed by atoms with van der Waals surface area (Å²) in [5, 5.41) is 14.2. The monoisotopic (exact) mass is 312 g/mol. The first-order valence-electron chi connectivity index (χ1n) is 6.18. The Morgan fingerprint density at radius 2 is 2.11 bits per heavy atom. The fourth-order valence-corrected chi connectivity index (χ4v) is 2.69. The van der Waals surface area contributed by atoms with Crippen LogP contribution >= 0.6 is 15.9 Å². The number of hydrogen-bond acceptors (Lipinski definition) is 3. The highest BCUT2D eigenvalue weighted by atomic mass is 79.9. The van der Waals surface area contributed by atoms with Gasteiger partial charge in [0.15, 0.2) is 0 Å². The standard InChI is InChI=1S/C13H17BrN2O2/c1-8(2)9-5-11(6-9)15-10-3-4-12(14)13(7-10)16(17)18/h3-4,7-9,11,15H,5-6H2,1-2H3. The summed E-state index contributed by atoms with van der Waals surface area (Å²) in [6.45, 7) is 4.48. The second kappa shape index (κ2) is 5.26. The van der Waals surface area contributed by atoms with Gasteiger partial charge in [-0.2, -0.15) is 0 Å². The van der Waals surface area contributed by atoms with E-state index in [1.807, 2.05) is 6.07 Å². The van der Waals surface area contributed by atoms with E-state index in [1.54, 1.807) is 12.1 Å². The molecule has 1 aliphatic rings. The Morgan fingerprint density at radius 3 is 2.67 bits per heavy atom. The summed E-state index contributed by atoms with van der Waals surface area (Å²) in [5.41, 5.74) is 0.942. The lowest BCUT2D eigenvalue weighted by Crippen LogP contribution is -2.37. The lowest BCUT2D eigenvalue weighted by Gasteiger charge is -2.39. The Morgan fingerprint density at radius 1 is 1.44 bits per heavy atom. The van der Waals surface area contributed by atoms with Crippen LogP contribution in [0.15, 0.2) is 22.7 Å². The highest BCUT2D eigenvalue weighted by Crippen LogP contribution is 2.36. The van der Waals surface area contributed by atoms with Crippen molar-refractivity contribution in [1.82, 2.24) is 0 Å². The quantitative estimate of drug-likeness (QED) is 0.669. The number of nitrogens with zero attached hydrogens (tertiary/aromatic N) is 1. The van der Waals surface area contributed by atoms with E-state index in [4.69, 9.17) is 0 Å². The molecule has 2 rings (SSSR count). The molecule has 0 heterocycles. The van der Waals surface area contributed by atoms with Gasteiger partial charge in [0.1, 0.15) is 0 Å². The third-order valence-corrected chi connectivity index (χ3v) is 4.30. The maximum Gasteiger partial charge on any atom is 0.285 e. The smallest absolute Gasteiger partial charge is 0.285 e. The summed E-state index contributed by atoms with van der Waals surface area (Å²) < 4.78 is 0.520. The number of nitro groups is 1. The largest absolute Gasteiger partial charge is 0.382 e. The van der Waals surface area contributed by atoms with Crippen LogP contribution in [-0.4, -0.2) is 11.0 Å². The fourth-order valence-electron chi connectivity index (χ4n) is 2.30. The molecular weight excluding hydrogens is 296 g/mol. The first-order valence-corrected chi connectivity index (χ1v) is 6.97. The number of hydrogen-bond donors (Lipinski definition) is 1. The molecule has 0 atom stereocenters. The number of rotatable bonds is 4. The summed E-state index contributed by atoms with van der Waals surface area (Å²) in [6, 6.07) is 5.64. The van der Waals surface area contributed by atoms with Crippen molar-refractivity contribution in [2.24, 2.45) is 11.8 Å². The summed E-state index contributed by atoms with van der Waals surface area (Å²) in [4.78, 5) is 10.5. The highest BCUT2D eigenvalue weighted by molar-refractivity contribution is 9.10. The van der Waals surface area contributed by atoms with Crippen LogP contribution < -0.4 is 5.32 Å². The van der Waals surface area contributed by atoms with Gasteiger partial charge in [-0.05, 0) is 52.7 Å². The van der Waals surface area contributed by atoms with E-state index < -0.39 is 0 Å². The van der Waals surface area contributed by atoms with Crippen LogP contribution in [0, 0.1) is 22.0 Å². The lowest BCUT2D eigenvalue weighted by atomic mass is 9.73. The van der Waals surface area contributed by atoms with Crippen molar-refractivity contribution in [2.45, 2.75) is 32.7 Å². The number of benzene rings is 1. The molecule has 1 aromatic rings. The molecule has 0 saturated heterocycles. The molecule has 1 N–H and O–H groups in total. The zero-order valence-corrected chi connectivity index (χ0v) is 12.1. The maximum atomic E-state index is 10.8. The van der Waals surface area contributed by atoms with Crippen molar-refractivity contribution >= 4 is 27.3 Å². The molecule has 0 spiro atoms. The molecular formula is C13H17BrN2O2. The second-order valence-corrected chi connectivity index (χ2v) is 6.09. The first kappa shape index (κ1) is 13.3. The Bertz CT molecular complexity index is 456. The van der Waals surface area contributed by atoms with Gasteiger partial charge in [-0.15, -0.1) is 0 Å². The minimum atomic E-state index is -0.368. The first-order chi connectivity index (χ1) is 8.47. The summed E-state index contributed by atoms with van der Waals surface area (Å²) in [6.07, 6.45) is 2.31. The molecule has 0 aliphatic heterocycles. The van der Waals surface area contributed by atoms with Crippen LogP contribution in [0.5, 0.6) is 0 Å². The van der Waals surface area contributed by atoms with Gasteiger partial charge in [0.05, 0.1) is 9.40 Å². The third kappa shape index (κ3) is 2.83. The van der Waals surface area contributed by atoms with E-state index >= 15 is 0 Å². The number of nitro benzene ring substituents is 1. The molecule has 0 bridgehead atoms. The van der Waals surface area contributed by atoms with E-state index in [-0.39, 0.29) is 10.6 Å². The minimum absolute atomic E-state index is 0.111. The molecule has 4 nitrogen and oxygen atoms in total. The van der Waals surface area contributed by atoms with Crippen molar-refractivity contribution in [2.75, 3.05) is 5.32 Å². The molecule has 0 unspecified atom stereocenters. The van der Waals surface area contributed by atoms with Crippen LogP contribution in [-0.2, 0) is 0 Å². The molecule has 1 fully saturated rings. The molecule has 1 aromatic carbocycles. The van der Waals surface area contributed by atoms with E-state index in [0.717, 1.165) is 30.4 Å². The number of halogens is 1. The number of anilines is 1. The van der Waals surface area contributed by atoms with Gasteiger partial charge in [0, 0.05) is 17.8 Å². The summed E-state index contributed by atoms with van der Waals surface area (Å²) in [7, 11) is 0. The van der Waals surface area contributed by atoms with Gasteiger partial charge >= 0.3 is 0 Å². The lowest BCUT2D eigenvalue weighted by molar-refractivity contribution is -0.385. The van der Waals surface area contributed by atoms with Gasteiger partial charge in [-0.1, -0.05) is 13.8 Å². The van der Waals surface area contributed by atoms with E-state index in [9.17, 15) is 10.1 Å². The SMILES string of the molecule is CC(C)C1CC(Nc2ccc(Br)c([N+](=O)[O-])c2)C1. The fraction of sp³-hybridized carbons (Fsp3) is 0.538. The molecule has 1 saturated carbocycles. The van der Waals surface area contributed by atoms with Gasteiger partial charge in [-0.25, -0.2) is 0 Å². The minimum Gasteiger partial charge on any atom is -0.382 e. The van der Waals surface area contributed by atoms with Crippen molar-refractivity contribution < 1.29 is 4.92 Å². The third-order valence-electron chi connectivity index (χ3n) is 3.63. The molecule has 5 heteroatoms. The second-order valence-electron chi connectivity index (χ2n) is 5.24. The molecule has 0 aromatic heterocycles. The van der Waals surface area contributed by atoms with Crippen LogP contribution in [0.2, 0.25) is 0 Å². The van der Waals surface area contributed by atoms with Gasteiger partial charge in [0.2, 0.25) is 0 Å². The number of nitrogens with one attached hydrogen (secondary N) is 1. The van der Waals surface area contributed by atoms with Crippen LogP contribution in [0.1, 0.15) is 26.7 Å². The predicted octanol–water partition coefficient (Wildman–Crippen LogP) is 4.20. The van der Waals surface area contributed by atoms with Crippen molar-refractivity contribution in [3.8, 4) is 0 Å². The molecule has 18 heavy (non-hydrogen) atoms. The molecule has 1 aliphatic carbocycles. The van der Waals surface area contributed by atoms with Crippen molar-refractivity contribution in [1.29, 1.82) is 0 Å². The van der Waals surface area contributed by atoms with E-state index in [0.29, 0.717) is 10.5 Å². The Kier molecular flexibility index (Phi) is 3.90. The average Bonchev–Trinajstić information content (AvgIpc) is 2.23. The topological polar surface area (TPSA) is 55.2 Å². The van der Waals surface area contributed by atoms with Crippen molar-refractivity contribution in [3.63, 3.8) is 0 Å².